The molecule has 4 rings (SSSR count). The number of hydrogen-bond donors (Lipinski definition) is 1. The van der Waals surface area contributed by atoms with E-state index in [4.69, 9.17) is 0 Å². The van der Waals surface area contributed by atoms with E-state index in [1.165, 1.54) is 0 Å². The van der Waals surface area contributed by atoms with Gasteiger partial charge in [0.15, 0.2) is 0 Å². The molecule has 0 saturated carbocycles. The van der Waals surface area contributed by atoms with E-state index in [0.717, 1.165) is 63.1 Å². The lowest BCUT2D eigenvalue weighted by atomic mass is 9.90. The third kappa shape index (κ3) is 3.84. The molecule has 0 spiro atoms. The summed E-state index contributed by atoms with van der Waals surface area (Å²) >= 11 is 0. The van der Waals surface area contributed by atoms with Crippen LogP contribution in [0.4, 0.5) is 5.69 Å². The fraction of sp³-hybridized carbons (Fsp3) is 0.571. The minimum Gasteiger partial charge on any atom is -0.371 e. The Morgan fingerprint density at radius 1 is 0.926 bits per heavy atom. The number of amides is 3. The third-order valence-electron chi connectivity index (χ3n) is 6.16. The van der Waals surface area contributed by atoms with Crippen molar-refractivity contribution in [3.8, 4) is 0 Å². The maximum Gasteiger partial charge on any atom is 0.234 e. The number of carbonyl (C=O) groups excluding carboxylic acids is 3. The van der Waals surface area contributed by atoms with E-state index in [1.54, 1.807) is 0 Å². The molecule has 0 unspecified atom stereocenters. The van der Waals surface area contributed by atoms with Gasteiger partial charge in [0.1, 0.15) is 0 Å². The first-order valence-electron chi connectivity index (χ1n) is 10.1. The Kier molecular flexibility index (Phi) is 5.14. The summed E-state index contributed by atoms with van der Waals surface area (Å²) in [5.41, 5.74) is 2.10. The normalized spacial score (nSPS) is 24.2. The van der Waals surface area contributed by atoms with E-state index in [0.29, 0.717) is 18.7 Å². The number of anilines is 1. The molecule has 27 heavy (non-hydrogen) atoms. The summed E-state index contributed by atoms with van der Waals surface area (Å²) in [4.78, 5) is 40.2. The zero-order chi connectivity index (χ0) is 18.8. The van der Waals surface area contributed by atoms with E-state index in [1.807, 2.05) is 17.0 Å². The van der Waals surface area contributed by atoms with Crippen molar-refractivity contribution >= 4 is 23.4 Å². The molecular weight excluding hydrogens is 342 g/mol. The Balaban J connectivity index is 1.34. The molecule has 3 aliphatic rings. The summed E-state index contributed by atoms with van der Waals surface area (Å²) < 4.78 is 0. The molecule has 1 atom stereocenters. The van der Waals surface area contributed by atoms with Gasteiger partial charge in [0.25, 0.3) is 0 Å². The quantitative estimate of drug-likeness (QED) is 0.828. The number of likely N-dealkylation sites (tertiary alicyclic amines) is 1. The summed E-state index contributed by atoms with van der Waals surface area (Å²) in [7, 11) is 0. The summed E-state index contributed by atoms with van der Waals surface area (Å²) in [5, 5.41) is 2.42. The first-order valence-corrected chi connectivity index (χ1v) is 10.1. The van der Waals surface area contributed by atoms with Gasteiger partial charge in [0.2, 0.25) is 17.7 Å². The molecule has 1 aromatic rings. The molecule has 0 bridgehead atoms. The lowest BCUT2D eigenvalue weighted by Gasteiger charge is -2.34. The molecule has 0 aromatic heterocycles. The molecule has 1 N–H and O–H groups in total. The number of rotatable bonds is 3. The highest BCUT2D eigenvalue weighted by Crippen LogP contribution is 2.29. The molecule has 3 saturated heterocycles. The Bertz CT molecular complexity index is 717. The Morgan fingerprint density at radius 3 is 2.22 bits per heavy atom. The van der Waals surface area contributed by atoms with Crippen molar-refractivity contribution < 1.29 is 14.4 Å². The fourth-order valence-electron chi connectivity index (χ4n) is 4.51. The average Bonchev–Trinajstić information content (AvgIpc) is 3.23. The molecule has 6 nitrogen and oxygen atoms in total. The van der Waals surface area contributed by atoms with Crippen LogP contribution in [0, 0.1) is 5.92 Å². The topological polar surface area (TPSA) is 69.7 Å². The van der Waals surface area contributed by atoms with Crippen molar-refractivity contribution in [3.63, 3.8) is 0 Å². The van der Waals surface area contributed by atoms with Crippen molar-refractivity contribution in [2.45, 2.75) is 44.4 Å². The van der Waals surface area contributed by atoms with Crippen LogP contribution in [0.2, 0.25) is 0 Å². The Morgan fingerprint density at radius 2 is 1.59 bits per heavy atom. The van der Waals surface area contributed by atoms with Crippen molar-refractivity contribution in [2.75, 3.05) is 31.1 Å². The number of nitrogens with one attached hydrogen (secondary N) is 1. The standard InChI is InChI=1S/C21H27N3O3/c25-19-8-7-18(20(26)22-19)15-3-5-17(6-4-15)23-13-9-16(10-14-23)21(27)24-11-1-2-12-24/h3-6,16,18H,1-2,7-14H2,(H,22,25,26)/t18-/m0/s1. The highest BCUT2D eigenvalue weighted by Gasteiger charge is 2.30. The van der Waals surface area contributed by atoms with E-state index >= 15 is 0 Å². The van der Waals surface area contributed by atoms with Crippen LogP contribution >= 0.6 is 0 Å². The number of carbonyl (C=O) groups is 3. The first-order chi connectivity index (χ1) is 13.1. The molecule has 144 valence electrons. The second-order valence-corrected chi connectivity index (χ2v) is 7.89. The third-order valence-corrected chi connectivity index (χ3v) is 6.16. The highest BCUT2D eigenvalue weighted by molar-refractivity contribution is 6.00. The Hall–Kier alpha value is -2.37. The average molecular weight is 369 g/mol. The predicted molar refractivity (Wildman–Crippen MR) is 102 cm³/mol. The lowest BCUT2D eigenvalue weighted by Crippen LogP contribution is -2.41. The number of hydrogen-bond acceptors (Lipinski definition) is 4. The van der Waals surface area contributed by atoms with Gasteiger partial charge >= 0.3 is 0 Å². The monoisotopic (exact) mass is 369 g/mol. The predicted octanol–water partition coefficient (Wildman–Crippen LogP) is 2.05. The highest BCUT2D eigenvalue weighted by atomic mass is 16.2. The molecule has 3 heterocycles. The van der Waals surface area contributed by atoms with Gasteiger partial charge in [-0.3, -0.25) is 19.7 Å². The van der Waals surface area contributed by atoms with Crippen LogP contribution in [0.1, 0.15) is 50.0 Å². The van der Waals surface area contributed by atoms with E-state index in [2.05, 4.69) is 22.3 Å². The van der Waals surface area contributed by atoms with Gasteiger partial charge < -0.3 is 9.80 Å². The summed E-state index contributed by atoms with van der Waals surface area (Å²) in [5.74, 6) is -0.0949. The second-order valence-electron chi connectivity index (χ2n) is 7.89. The van der Waals surface area contributed by atoms with Gasteiger partial charge in [-0.2, -0.15) is 0 Å². The van der Waals surface area contributed by atoms with Crippen LogP contribution < -0.4 is 10.2 Å². The number of nitrogens with zero attached hydrogens (tertiary/aromatic N) is 2. The lowest BCUT2D eigenvalue weighted by molar-refractivity contribution is -0.135. The molecular formula is C21H27N3O3. The Labute approximate surface area is 159 Å². The van der Waals surface area contributed by atoms with E-state index in [-0.39, 0.29) is 23.7 Å². The molecule has 1 aromatic carbocycles. The van der Waals surface area contributed by atoms with Crippen molar-refractivity contribution in [2.24, 2.45) is 5.92 Å². The summed E-state index contributed by atoms with van der Waals surface area (Å²) in [6, 6.07) is 8.11. The molecule has 0 radical (unpaired) electrons. The largest absolute Gasteiger partial charge is 0.371 e. The van der Waals surface area contributed by atoms with Crippen LogP contribution in [0.3, 0.4) is 0 Å². The maximum absolute atomic E-state index is 12.6. The SMILES string of the molecule is O=C1CC[C@@H](c2ccc(N3CCC(C(=O)N4CCCC4)CC3)cc2)C(=O)N1. The van der Waals surface area contributed by atoms with Gasteiger partial charge in [-0.05, 0) is 49.8 Å². The number of imide groups is 1. The molecule has 3 aliphatic heterocycles. The van der Waals surface area contributed by atoms with Crippen LogP contribution in [0.25, 0.3) is 0 Å². The van der Waals surface area contributed by atoms with Crippen molar-refractivity contribution in [1.29, 1.82) is 0 Å². The smallest absolute Gasteiger partial charge is 0.234 e. The molecule has 3 amide bonds. The first kappa shape index (κ1) is 18.0. The molecule has 3 fully saturated rings. The fourth-order valence-corrected chi connectivity index (χ4v) is 4.51. The van der Waals surface area contributed by atoms with Gasteiger partial charge in [-0.15, -0.1) is 0 Å². The van der Waals surface area contributed by atoms with Crippen LogP contribution in [0.15, 0.2) is 24.3 Å². The summed E-state index contributed by atoms with van der Waals surface area (Å²) in [6.45, 7) is 3.64. The molecule has 6 heteroatoms. The minimum atomic E-state index is -0.236. The van der Waals surface area contributed by atoms with Gasteiger partial charge in [0, 0.05) is 44.2 Å². The zero-order valence-corrected chi connectivity index (χ0v) is 15.7. The van der Waals surface area contributed by atoms with Gasteiger partial charge in [-0.25, -0.2) is 0 Å². The zero-order valence-electron chi connectivity index (χ0n) is 15.7. The molecule has 0 aliphatic carbocycles. The van der Waals surface area contributed by atoms with E-state index < -0.39 is 0 Å². The van der Waals surface area contributed by atoms with Crippen molar-refractivity contribution in [1.82, 2.24) is 10.2 Å². The van der Waals surface area contributed by atoms with E-state index in [9.17, 15) is 14.4 Å². The second kappa shape index (κ2) is 7.71. The van der Waals surface area contributed by atoms with Crippen molar-refractivity contribution in [3.05, 3.63) is 29.8 Å². The number of benzene rings is 1. The van der Waals surface area contributed by atoms with Crippen LogP contribution in [-0.2, 0) is 14.4 Å². The summed E-state index contributed by atoms with van der Waals surface area (Å²) in [6.07, 6.45) is 5.08. The maximum atomic E-state index is 12.6. The van der Waals surface area contributed by atoms with Gasteiger partial charge in [-0.1, -0.05) is 12.1 Å². The minimum absolute atomic E-state index is 0.169. The van der Waals surface area contributed by atoms with Gasteiger partial charge in [0.05, 0.1) is 5.92 Å². The number of piperidine rings is 2. The van der Waals surface area contributed by atoms with Crippen LogP contribution in [0.5, 0.6) is 0 Å². The van der Waals surface area contributed by atoms with Crippen LogP contribution in [-0.4, -0.2) is 48.8 Å².